The molecule has 5 nitrogen and oxygen atoms in total. The first-order valence-corrected chi connectivity index (χ1v) is 11.0. The third-order valence-corrected chi connectivity index (χ3v) is 6.81. The van der Waals surface area contributed by atoms with Gasteiger partial charge in [0.25, 0.3) is 0 Å². The third kappa shape index (κ3) is 3.25. The van der Waals surface area contributed by atoms with Crippen LogP contribution in [0.1, 0.15) is 24.1 Å². The highest BCUT2D eigenvalue weighted by Gasteiger charge is 2.34. The molecule has 0 aliphatic carbocycles. The number of thiazole rings is 1. The second-order valence-electron chi connectivity index (χ2n) is 7.14. The first-order valence-electron chi connectivity index (χ1n) is 9.42. The molecule has 1 atom stereocenters. The van der Waals surface area contributed by atoms with Gasteiger partial charge in [-0.2, -0.15) is 0 Å². The Bertz CT molecular complexity index is 1250. The number of amides is 1. The lowest BCUT2D eigenvalue weighted by Crippen LogP contribution is -2.41. The maximum absolute atomic E-state index is 13.0. The zero-order chi connectivity index (χ0) is 20.1. The van der Waals surface area contributed by atoms with E-state index in [4.69, 9.17) is 28.2 Å². The van der Waals surface area contributed by atoms with Crippen molar-refractivity contribution < 1.29 is 4.79 Å². The van der Waals surface area contributed by atoms with E-state index >= 15 is 0 Å². The fraction of sp³-hybridized carbons (Fsp3) is 0.238. The van der Waals surface area contributed by atoms with Crippen molar-refractivity contribution in [3.8, 4) is 0 Å². The van der Waals surface area contributed by atoms with Crippen LogP contribution in [-0.4, -0.2) is 29.0 Å². The summed E-state index contributed by atoms with van der Waals surface area (Å²) >= 11 is 14.0. The minimum atomic E-state index is -0.304. The molecule has 148 valence electrons. The van der Waals surface area contributed by atoms with Gasteiger partial charge in [0.05, 0.1) is 22.7 Å². The molecule has 4 aromatic rings. The summed E-state index contributed by atoms with van der Waals surface area (Å²) < 4.78 is 1.04. The summed E-state index contributed by atoms with van der Waals surface area (Å²) in [7, 11) is 0. The second-order valence-corrected chi connectivity index (χ2v) is 9.03. The van der Waals surface area contributed by atoms with Gasteiger partial charge in [0, 0.05) is 39.7 Å². The molecule has 3 heterocycles. The minimum Gasteiger partial charge on any atom is -0.357 e. The summed E-state index contributed by atoms with van der Waals surface area (Å²) in [5.74, 6) is -0.287. The number of aromatic nitrogens is 2. The number of rotatable bonds is 3. The smallest absolute Gasteiger partial charge is 0.229 e. The van der Waals surface area contributed by atoms with E-state index in [1.807, 2.05) is 43.3 Å². The lowest BCUT2D eigenvalue weighted by molar-refractivity contribution is -0.122. The number of nitrogens with one attached hydrogen (secondary N) is 2. The van der Waals surface area contributed by atoms with E-state index in [1.165, 1.54) is 0 Å². The van der Waals surface area contributed by atoms with Crippen LogP contribution in [0.15, 0.2) is 36.4 Å². The number of hydrogen-bond acceptors (Lipinski definition) is 4. The van der Waals surface area contributed by atoms with E-state index in [2.05, 4.69) is 15.2 Å². The van der Waals surface area contributed by atoms with Crippen LogP contribution < -0.4 is 10.2 Å². The van der Waals surface area contributed by atoms with Gasteiger partial charge in [-0.3, -0.25) is 4.79 Å². The van der Waals surface area contributed by atoms with Crippen molar-refractivity contribution in [3.63, 3.8) is 0 Å². The first-order chi connectivity index (χ1) is 14.0. The summed E-state index contributed by atoms with van der Waals surface area (Å²) in [6, 6.07) is 11.5. The van der Waals surface area contributed by atoms with E-state index in [1.54, 1.807) is 11.3 Å². The maximum atomic E-state index is 13.0. The molecule has 1 aliphatic rings. The average Bonchev–Trinajstić information content (AvgIpc) is 3.27. The number of carbonyl (C=O) groups excluding carboxylic acids is 1. The zero-order valence-electron chi connectivity index (χ0n) is 15.6. The second kappa shape index (κ2) is 7.20. The summed E-state index contributed by atoms with van der Waals surface area (Å²) in [5.41, 5.74) is 3.97. The number of nitrogens with zero attached hydrogens (tertiary/aromatic N) is 2. The molecule has 0 radical (unpaired) electrons. The quantitative estimate of drug-likeness (QED) is 0.449. The lowest BCUT2D eigenvalue weighted by atomic mass is 9.91. The Kier molecular flexibility index (Phi) is 4.65. The number of hydrogen-bond donors (Lipinski definition) is 2. The lowest BCUT2D eigenvalue weighted by Gasteiger charge is -2.32. The van der Waals surface area contributed by atoms with Crippen LogP contribution in [0.25, 0.3) is 21.1 Å². The predicted molar refractivity (Wildman–Crippen MR) is 120 cm³/mol. The topological polar surface area (TPSA) is 61.0 Å². The van der Waals surface area contributed by atoms with Crippen molar-refractivity contribution in [1.82, 2.24) is 15.3 Å². The van der Waals surface area contributed by atoms with E-state index in [9.17, 15) is 4.79 Å². The Hall–Kier alpha value is -2.28. The highest BCUT2D eigenvalue weighted by Crippen LogP contribution is 2.39. The number of benzene rings is 2. The van der Waals surface area contributed by atoms with Crippen LogP contribution in [0.3, 0.4) is 0 Å². The van der Waals surface area contributed by atoms with E-state index < -0.39 is 0 Å². The number of aromatic amines is 1. The molecule has 2 aromatic carbocycles. The number of H-pyrrole nitrogens is 1. The standard InChI is InChI=1S/C21H18Cl2N4OS/c1-2-24-20(28)14-9-27(21-26-16-6-4-12(23)8-18(16)29-21)10-17-19(14)13-7-11(22)3-5-15(13)25-17/h3-8,14,25H,2,9-10H2,1H3,(H,24,28). The molecule has 2 aromatic heterocycles. The fourth-order valence-electron chi connectivity index (χ4n) is 4.01. The van der Waals surface area contributed by atoms with Gasteiger partial charge in [-0.25, -0.2) is 4.98 Å². The zero-order valence-corrected chi connectivity index (χ0v) is 18.0. The van der Waals surface area contributed by atoms with E-state index in [-0.39, 0.29) is 11.8 Å². The maximum Gasteiger partial charge on any atom is 0.229 e. The molecule has 0 saturated carbocycles. The van der Waals surface area contributed by atoms with Gasteiger partial charge in [0.15, 0.2) is 5.13 Å². The van der Waals surface area contributed by atoms with Gasteiger partial charge in [0.2, 0.25) is 5.91 Å². The highest BCUT2D eigenvalue weighted by molar-refractivity contribution is 7.22. The predicted octanol–water partition coefficient (Wildman–Crippen LogP) is 5.32. The number of anilines is 1. The van der Waals surface area contributed by atoms with E-state index in [0.717, 1.165) is 37.5 Å². The Morgan fingerprint density at radius 3 is 2.90 bits per heavy atom. The molecule has 0 fully saturated rings. The van der Waals surface area contributed by atoms with Crippen molar-refractivity contribution >= 4 is 66.7 Å². The number of carbonyl (C=O) groups is 1. The van der Waals surface area contributed by atoms with Crippen LogP contribution >= 0.6 is 34.5 Å². The van der Waals surface area contributed by atoms with Crippen LogP contribution in [0.4, 0.5) is 5.13 Å². The van der Waals surface area contributed by atoms with Crippen molar-refractivity contribution in [2.75, 3.05) is 18.0 Å². The van der Waals surface area contributed by atoms with Gasteiger partial charge in [0.1, 0.15) is 0 Å². The normalized spacial score (nSPS) is 16.4. The van der Waals surface area contributed by atoms with Gasteiger partial charge in [-0.15, -0.1) is 0 Å². The molecule has 8 heteroatoms. The average molecular weight is 445 g/mol. The Balaban J connectivity index is 1.61. The summed E-state index contributed by atoms with van der Waals surface area (Å²) in [6.07, 6.45) is 0. The third-order valence-electron chi connectivity index (χ3n) is 5.26. The fourth-order valence-corrected chi connectivity index (χ4v) is 5.43. The SMILES string of the molecule is CCNC(=O)C1CN(c2nc3ccc(Cl)cc3s2)Cc2[nH]c3ccc(Cl)cc3c21. The van der Waals surface area contributed by atoms with Crippen molar-refractivity contribution in [2.24, 2.45) is 0 Å². The molecule has 1 unspecified atom stereocenters. The summed E-state index contributed by atoms with van der Waals surface area (Å²) in [6.45, 7) is 3.74. The minimum absolute atomic E-state index is 0.0171. The molecule has 1 aliphatic heterocycles. The number of likely N-dealkylation sites (N-methyl/N-ethyl adjacent to an activating group) is 1. The molecule has 29 heavy (non-hydrogen) atoms. The Morgan fingerprint density at radius 1 is 1.28 bits per heavy atom. The van der Waals surface area contributed by atoms with Crippen LogP contribution in [0.5, 0.6) is 0 Å². The monoisotopic (exact) mass is 444 g/mol. The molecular weight excluding hydrogens is 427 g/mol. The molecule has 0 bridgehead atoms. The summed E-state index contributed by atoms with van der Waals surface area (Å²) in [5, 5.41) is 6.25. The van der Waals surface area contributed by atoms with Gasteiger partial charge >= 0.3 is 0 Å². The molecule has 2 N–H and O–H groups in total. The van der Waals surface area contributed by atoms with Gasteiger partial charge in [-0.1, -0.05) is 34.5 Å². The largest absolute Gasteiger partial charge is 0.357 e. The van der Waals surface area contributed by atoms with E-state index in [0.29, 0.717) is 29.7 Å². The molecule has 0 spiro atoms. The van der Waals surface area contributed by atoms with Crippen LogP contribution in [0, 0.1) is 0 Å². The van der Waals surface area contributed by atoms with Gasteiger partial charge in [-0.05, 0) is 48.9 Å². The van der Waals surface area contributed by atoms with Gasteiger partial charge < -0.3 is 15.2 Å². The molecule has 0 saturated heterocycles. The molecule has 1 amide bonds. The Labute approximate surface area is 181 Å². The molecule has 5 rings (SSSR count). The van der Waals surface area contributed by atoms with Crippen molar-refractivity contribution in [2.45, 2.75) is 19.4 Å². The van der Waals surface area contributed by atoms with Crippen LogP contribution in [0.2, 0.25) is 10.0 Å². The van der Waals surface area contributed by atoms with Crippen molar-refractivity contribution in [1.29, 1.82) is 0 Å². The first kappa shape index (κ1) is 18.7. The Morgan fingerprint density at radius 2 is 2.07 bits per heavy atom. The summed E-state index contributed by atoms with van der Waals surface area (Å²) in [4.78, 5) is 23.4. The number of halogens is 2. The van der Waals surface area contributed by atoms with Crippen molar-refractivity contribution in [3.05, 3.63) is 57.7 Å². The highest BCUT2D eigenvalue weighted by atomic mass is 35.5. The van der Waals surface area contributed by atoms with Crippen LogP contribution in [-0.2, 0) is 11.3 Å². The molecular formula is C21H18Cl2N4OS. The number of fused-ring (bicyclic) bond motifs is 4.